The van der Waals surface area contributed by atoms with E-state index in [-0.39, 0.29) is 0 Å². The average molecular weight is 287 g/mol. The Balaban J connectivity index is 3.48. The summed E-state index contributed by atoms with van der Waals surface area (Å²) in [5.41, 5.74) is -2.74. The van der Waals surface area contributed by atoms with E-state index in [2.05, 4.69) is 14.5 Å². The number of ether oxygens (including phenoxy) is 2. The largest absolute Gasteiger partial charge is 0.573 e. The maximum atomic E-state index is 12.6. The van der Waals surface area contributed by atoms with E-state index in [1.165, 1.54) is 0 Å². The van der Waals surface area contributed by atoms with Crippen molar-refractivity contribution >= 4 is 5.97 Å². The summed E-state index contributed by atoms with van der Waals surface area (Å²) in [5.74, 6) is -3.97. The lowest BCUT2D eigenvalue weighted by molar-refractivity contribution is -0.274. The van der Waals surface area contributed by atoms with Gasteiger partial charge in [-0.25, -0.2) is 18.6 Å². The molecule has 0 aliphatic rings. The molecule has 0 spiro atoms. The lowest BCUT2D eigenvalue weighted by Gasteiger charge is -2.14. The number of aromatic carboxylic acids is 1. The first-order valence-corrected chi connectivity index (χ1v) is 4.51. The summed E-state index contributed by atoms with van der Waals surface area (Å²) >= 11 is 0. The lowest BCUT2D eigenvalue weighted by Crippen LogP contribution is -2.20. The molecular weight excluding hydrogens is 281 g/mol. The van der Waals surface area contributed by atoms with Crippen molar-refractivity contribution < 1.29 is 41.3 Å². The first-order valence-electron chi connectivity index (χ1n) is 4.51. The van der Waals surface area contributed by atoms with Crippen LogP contribution in [0.3, 0.4) is 0 Å². The summed E-state index contributed by atoms with van der Waals surface area (Å²) < 4.78 is 69.3. The molecule has 0 fully saturated rings. The van der Waals surface area contributed by atoms with Crippen LogP contribution in [0.25, 0.3) is 0 Å². The van der Waals surface area contributed by atoms with Crippen LogP contribution in [0.2, 0.25) is 0 Å². The summed E-state index contributed by atoms with van der Waals surface area (Å²) in [6.07, 6.45) is -8.65. The Kier molecular flexibility index (Phi) is 4.12. The number of aromatic nitrogens is 1. The average Bonchev–Trinajstić information content (AvgIpc) is 2.24. The van der Waals surface area contributed by atoms with E-state index in [9.17, 15) is 26.7 Å². The summed E-state index contributed by atoms with van der Waals surface area (Å²) in [6.45, 7) is 0. The fourth-order valence-electron chi connectivity index (χ4n) is 1.20. The van der Waals surface area contributed by atoms with Gasteiger partial charge in [0.15, 0.2) is 5.75 Å². The maximum absolute atomic E-state index is 12.6. The molecule has 0 amide bonds. The fraction of sp³-hybridized carbons (Fsp3) is 0.333. The Labute approximate surface area is 102 Å². The van der Waals surface area contributed by atoms with E-state index in [1.54, 1.807) is 0 Å². The zero-order valence-electron chi connectivity index (χ0n) is 9.16. The number of carbonyl (C=O) groups is 1. The molecule has 0 aromatic carbocycles. The Morgan fingerprint density at radius 2 is 2.00 bits per heavy atom. The highest BCUT2D eigenvalue weighted by Gasteiger charge is 2.36. The van der Waals surface area contributed by atoms with Crippen LogP contribution in [-0.2, 0) is 0 Å². The Bertz CT molecular complexity index is 488. The third kappa shape index (κ3) is 3.66. The smallest absolute Gasteiger partial charge is 0.481 e. The lowest BCUT2D eigenvalue weighted by atomic mass is 10.1. The zero-order chi connectivity index (χ0) is 14.8. The molecule has 0 radical (unpaired) electrons. The minimum atomic E-state index is -5.24. The second-order valence-corrected chi connectivity index (χ2v) is 3.08. The van der Waals surface area contributed by atoms with Crippen LogP contribution < -0.4 is 9.47 Å². The van der Waals surface area contributed by atoms with Gasteiger partial charge in [0, 0.05) is 6.07 Å². The number of methoxy groups -OCH3 is 1. The Morgan fingerprint density at radius 3 is 2.37 bits per heavy atom. The predicted octanol–water partition coefficient (Wildman–Crippen LogP) is 2.62. The summed E-state index contributed by atoms with van der Waals surface area (Å²) in [4.78, 5) is 13.9. The van der Waals surface area contributed by atoms with Crippen LogP contribution in [0.5, 0.6) is 11.6 Å². The van der Waals surface area contributed by atoms with Crippen LogP contribution in [0.1, 0.15) is 22.5 Å². The van der Waals surface area contributed by atoms with Crippen molar-refractivity contribution in [1.82, 2.24) is 4.98 Å². The molecule has 0 bridgehead atoms. The normalized spacial score (nSPS) is 11.5. The maximum Gasteiger partial charge on any atom is 0.573 e. The molecule has 0 saturated heterocycles. The molecule has 1 aromatic heterocycles. The van der Waals surface area contributed by atoms with Crippen molar-refractivity contribution in [1.29, 1.82) is 0 Å². The van der Waals surface area contributed by atoms with Crippen LogP contribution in [-0.4, -0.2) is 29.5 Å². The van der Waals surface area contributed by atoms with E-state index in [1.807, 2.05) is 0 Å². The minimum Gasteiger partial charge on any atom is -0.481 e. The molecule has 106 valence electrons. The molecule has 0 aliphatic carbocycles. The molecule has 1 aromatic rings. The molecule has 1 rings (SSSR count). The minimum absolute atomic E-state index is 0.461. The topological polar surface area (TPSA) is 68.7 Å². The third-order valence-corrected chi connectivity index (χ3v) is 1.84. The van der Waals surface area contributed by atoms with Gasteiger partial charge in [-0.15, -0.1) is 13.2 Å². The summed E-state index contributed by atoms with van der Waals surface area (Å²) in [5, 5.41) is 8.69. The number of hydrogen-bond donors (Lipinski definition) is 1. The number of carboxylic acids is 1. The van der Waals surface area contributed by atoms with Crippen LogP contribution in [0, 0.1) is 0 Å². The highest BCUT2D eigenvalue weighted by atomic mass is 19.4. The molecule has 1 N–H and O–H groups in total. The van der Waals surface area contributed by atoms with Gasteiger partial charge in [0.1, 0.15) is 11.3 Å². The molecule has 0 saturated carbocycles. The number of halogens is 5. The first-order chi connectivity index (χ1) is 8.65. The molecule has 0 atom stereocenters. The van der Waals surface area contributed by atoms with Gasteiger partial charge in [-0.05, 0) is 0 Å². The van der Waals surface area contributed by atoms with Crippen molar-refractivity contribution in [3.63, 3.8) is 0 Å². The number of alkyl halides is 5. The number of nitrogens with zero attached hydrogens (tertiary/aromatic N) is 1. The number of pyridine rings is 1. The number of carboxylic acid groups (broad SMARTS) is 1. The van der Waals surface area contributed by atoms with Gasteiger partial charge >= 0.3 is 12.3 Å². The molecule has 5 nitrogen and oxygen atoms in total. The van der Waals surface area contributed by atoms with E-state index in [0.29, 0.717) is 6.07 Å². The zero-order valence-corrected chi connectivity index (χ0v) is 9.16. The standard InChI is InChI=1S/C9H6F5NO4/c1-18-4-2-3(19-9(12,13)14)5(8(16)17)6(15-4)7(10)11/h2,7H,1H3,(H,16,17). The Morgan fingerprint density at radius 1 is 1.42 bits per heavy atom. The van der Waals surface area contributed by atoms with Crippen molar-refractivity contribution in [2.24, 2.45) is 0 Å². The first kappa shape index (κ1) is 14.9. The van der Waals surface area contributed by atoms with E-state index in [4.69, 9.17) is 5.11 Å². The van der Waals surface area contributed by atoms with Crippen molar-refractivity contribution in [3.05, 3.63) is 17.3 Å². The van der Waals surface area contributed by atoms with Crippen LogP contribution in [0.4, 0.5) is 22.0 Å². The molecular formula is C9H6F5NO4. The van der Waals surface area contributed by atoms with Crippen molar-refractivity contribution in [2.75, 3.05) is 7.11 Å². The van der Waals surface area contributed by atoms with Gasteiger partial charge in [0.2, 0.25) is 5.88 Å². The van der Waals surface area contributed by atoms with E-state index in [0.717, 1.165) is 7.11 Å². The van der Waals surface area contributed by atoms with Crippen molar-refractivity contribution in [2.45, 2.75) is 12.8 Å². The number of rotatable bonds is 4. The van der Waals surface area contributed by atoms with Gasteiger partial charge in [-0.3, -0.25) is 0 Å². The highest BCUT2D eigenvalue weighted by Crippen LogP contribution is 2.34. The van der Waals surface area contributed by atoms with E-state index >= 15 is 0 Å². The molecule has 0 unspecified atom stereocenters. The van der Waals surface area contributed by atoms with Gasteiger partial charge < -0.3 is 14.6 Å². The van der Waals surface area contributed by atoms with Crippen LogP contribution in [0.15, 0.2) is 6.07 Å². The summed E-state index contributed by atoms with van der Waals surface area (Å²) in [6, 6.07) is 0.461. The SMILES string of the molecule is COc1cc(OC(F)(F)F)c(C(=O)O)c(C(F)F)n1. The quantitative estimate of drug-likeness (QED) is 0.862. The third-order valence-electron chi connectivity index (χ3n) is 1.84. The highest BCUT2D eigenvalue weighted by molar-refractivity contribution is 5.92. The molecule has 19 heavy (non-hydrogen) atoms. The Hall–Kier alpha value is -2.13. The monoisotopic (exact) mass is 287 g/mol. The summed E-state index contributed by atoms with van der Waals surface area (Å²) in [7, 11) is 0.968. The predicted molar refractivity (Wildman–Crippen MR) is 49.4 cm³/mol. The second kappa shape index (κ2) is 5.24. The van der Waals surface area contributed by atoms with Gasteiger partial charge in [-0.2, -0.15) is 0 Å². The molecule has 1 heterocycles. The molecule has 10 heteroatoms. The fourth-order valence-corrected chi connectivity index (χ4v) is 1.20. The second-order valence-electron chi connectivity index (χ2n) is 3.08. The van der Waals surface area contributed by atoms with Crippen molar-refractivity contribution in [3.8, 4) is 11.6 Å². The van der Waals surface area contributed by atoms with E-state index < -0.39 is 41.6 Å². The molecule has 0 aliphatic heterocycles. The van der Waals surface area contributed by atoms with Gasteiger partial charge in [0.25, 0.3) is 6.43 Å². The van der Waals surface area contributed by atoms with Gasteiger partial charge in [0.05, 0.1) is 7.11 Å². The van der Waals surface area contributed by atoms with Gasteiger partial charge in [-0.1, -0.05) is 0 Å². The number of hydrogen-bond acceptors (Lipinski definition) is 4. The van der Waals surface area contributed by atoms with Crippen LogP contribution >= 0.6 is 0 Å².